The molecule has 21 heavy (non-hydrogen) atoms. The smallest absolute Gasteiger partial charge is 0.346 e. The van der Waals surface area contributed by atoms with Crippen molar-refractivity contribution in [3.8, 4) is 0 Å². The van der Waals surface area contributed by atoms with Crippen LogP contribution in [0.3, 0.4) is 0 Å². The third kappa shape index (κ3) is 2.45. The van der Waals surface area contributed by atoms with Gasteiger partial charge < -0.3 is 14.5 Å². The third-order valence-electron chi connectivity index (χ3n) is 3.01. The van der Waals surface area contributed by atoms with Crippen LogP contribution < -0.4 is 5.56 Å². The molecule has 0 bridgehead atoms. The summed E-state index contributed by atoms with van der Waals surface area (Å²) in [5.41, 5.74) is 0.0812. The average molecular weight is 325 g/mol. The number of aromatic nitrogens is 2. The minimum absolute atomic E-state index is 0.126. The van der Waals surface area contributed by atoms with Crippen molar-refractivity contribution in [2.45, 2.75) is 13.3 Å². The zero-order valence-corrected chi connectivity index (χ0v) is 12.3. The van der Waals surface area contributed by atoms with Crippen molar-refractivity contribution < 1.29 is 14.3 Å². The zero-order chi connectivity index (χ0) is 15.1. The molecule has 3 aromatic heterocycles. The summed E-state index contributed by atoms with van der Waals surface area (Å²) in [6, 6.07) is 3.29. The molecule has 6 nitrogen and oxygen atoms in total. The minimum Gasteiger partial charge on any atom is -0.477 e. The number of nitrogens with zero attached hydrogens (tertiary/aromatic N) is 1. The van der Waals surface area contributed by atoms with Crippen LogP contribution in [0.4, 0.5) is 0 Å². The number of carboxylic acid groups (broad SMARTS) is 1. The third-order valence-corrected chi connectivity index (χ3v) is 4.39. The van der Waals surface area contributed by atoms with E-state index in [1.165, 1.54) is 0 Å². The van der Waals surface area contributed by atoms with Gasteiger partial charge in [-0.2, -0.15) is 0 Å². The first-order chi connectivity index (χ1) is 9.95. The number of carbonyl (C=O) groups is 1. The molecule has 8 heteroatoms. The van der Waals surface area contributed by atoms with Gasteiger partial charge in [0.05, 0.1) is 11.8 Å². The normalized spacial score (nSPS) is 11.1. The number of rotatable bonds is 3. The lowest BCUT2D eigenvalue weighted by Gasteiger charge is -1.98. The molecular formula is C13H9ClN2O4S. The topological polar surface area (TPSA) is 96.2 Å². The summed E-state index contributed by atoms with van der Waals surface area (Å²) in [5.74, 6) is -0.0970. The predicted octanol–water partition coefficient (Wildman–Crippen LogP) is 2.83. The summed E-state index contributed by atoms with van der Waals surface area (Å²) in [4.78, 5) is 30.7. The average Bonchev–Trinajstić information content (AvgIpc) is 2.94. The summed E-state index contributed by atoms with van der Waals surface area (Å²) in [7, 11) is 0. The Hall–Kier alpha value is -2.12. The second-order valence-electron chi connectivity index (χ2n) is 4.44. The van der Waals surface area contributed by atoms with Crippen LogP contribution in [0.15, 0.2) is 21.3 Å². The molecule has 3 heterocycles. The number of aryl methyl sites for hydroxylation is 1. The SMILES string of the molecule is Cc1c(C(=O)O)sc2nc(Cc3ccc(Cl)o3)[nH]c(=O)c12. The molecule has 0 saturated heterocycles. The van der Waals surface area contributed by atoms with E-state index in [1.807, 2.05) is 0 Å². The van der Waals surface area contributed by atoms with Gasteiger partial charge in [0, 0.05) is 0 Å². The van der Waals surface area contributed by atoms with Crippen LogP contribution in [0.1, 0.15) is 26.8 Å². The molecule has 0 radical (unpaired) electrons. The number of hydrogen-bond donors (Lipinski definition) is 2. The summed E-state index contributed by atoms with van der Waals surface area (Å²) in [6.45, 7) is 1.60. The van der Waals surface area contributed by atoms with Gasteiger partial charge in [0.15, 0.2) is 5.22 Å². The van der Waals surface area contributed by atoms with Gasteiger partial charge in [0.1, 0.15) is 21.3 Å². The maximum atomic E-state index is 12.1. The van der Waals surface area contributed by atoms with Gasteiger partial charge in [0.2, 0.25) is 0 Å². The number of carboxylic acids is 1. The zero-order valence-electron chi connectivity index (χ0n) is 10.8. The molecule has 3 aromatic rings. The van der Waals surface area contributed by atoms with Gasteiger partial charge in [-0.3, -0.25) is 4.79 Å². The number of halogens is 1. The fourth-order valence-corrected chi connectivity index (χ4v) is 3.29. The Labute approximate surface area is 127 Å². The second kappa shape index (κ2) is 5.01. The first-order valence-corrected chi connectivity index (χ1v) is 7.15. The molecule has 108 valence electrons. The number of aromatic amines is 1. The van der Waals surface area contributed by atoms with E-state index in [1.54, 1.807) is 19.1 Å². The molecule has 0 spiro atoms. The molecular weight excluding hydrogens is 316 g/mol. The highest BCUT2D eigenvalue weighted by Gasteiger charge is 2.18. The molecule has 2 N–H and O–H groups in total. The number of hydrogen-bond acceptors (Lipinski definition) is 5. The van der Waals surface area contributed by atoms with Crippen LogP contribution in [-0.2, 0) is 6.42 Å². The first-order valence-electron chi connectivity index (χ1n) is 5.95. The van der Waals surface area contributed by atoms with E-state index in [4.69, 9.17) is 21.1 Å². The Morgan fingerprint density at radius 3 is 2.90 bits per heavy atom. The van der Waals surface area contributed by atoms with Crippen LogP contribution in [0.2, 0.25) is 5.22 Å². The lowest BCUT2D eigenvalue weighted by atomic mass is 10.2. The summed E-state index contributed by atoms with van der Waals surface area (Å²) in [6.07, 6.45) is 0.275. The Kier molecular flexibility index (Phi) is 3.30. The number of thiophene rings is 1. The number of fused-ring (bicyclic) bond motifs is 1. The predicted molar refractivity (Wildman–Crippen MR) is 78.5 cm³/mol. The Morgan fingerprint density at radius 2 is 2.29 bits per heavy atom. The minimum atomic E-state index is -1.06. The largest absolute Gasteiger partial charge is 0.477 e. The van der Waals surface area contributed by atoms with Gasteiger partial charge in [-0.1, -0.05) is 0 Å². The van der Waals surface area contributed by atoms with Gasteiger partial charge in [0.25, 0.3) is 5.56 Å². The van der Waals surface area contributed by atoms with E-state index in [0.29, 0.717) is 27.4 Å². The van der Waals surface area contributed by atoms with Crippen molar-refractivity contribution >= 4 is 39.1 Å². The summed E-state index contributed by atoms with van der Waals surface area (Å²) >= 11 is 6.68. The van der Waals surface area contributed by atoms with Crippen LogP contribution in [0.25, 0.3) is 10.2 Å². The number of furan rings is 1. The second-order valence-corrected chi connectivity index (χ2v) is 5.81. The Bertz CT molecular complexity index is 909. The molecule has 0 unspecified atom stereocenters. The number of H-pyrrole nitrogens is 1. The fourth-order valence-electron chi connectivity index (χ4n) is 2.09. The van der Waals surface area contributed by atoms with Crippen molar-refractivity contribution in [2.24, 2.45) is 0 Å². The monoisotopic (exact) mass is 324 g/mol. The van der Waals surface area contributed by atoms with Gasteiger partial charge in [-0.25, -0.2) is 9.78 Å². The lowest BCUT2D eigenvalue weighted by molar-refractivity contribution is 0.0701. The number of nitrogens with one attached hydrogen (secondary N) is 1. The lowest BCUT2D eigenvalue weighted by Crippen LogP contribution is -2.11. The molecule has 3 rings (SSSR count). The highest BCUT2D eigenvalue weighted by atomic mass is 35.5. The Morgan fingerprint density at radius 1 is 1.52 bits per heavy atom. The molecule has 0 aromatic carbocycles. The van der Waals surface area contributed by atoms with Gasteiger partial charge in [-0.15, -0.1) is 11.3 Å². The standard InChI is InChI=1S/C13H9ClN2O4S/c1-5-9-11(17)15-8(4-6-2-3-7(14)20-6)16-12(9)21-10(5)13(18)19/h2-3H,4H2,1H3,(H,18,19)(H,15,16,17). The van der Waals surface area contributed by atoms with Crippen molar-refractivity contribution in [1.29, 1.82) is 0 Å². The summed E-state index contributed by atoms with van der Waals surface area (Å²) in [5, 5.41) is 9.68. The number of aromatic carboxylic acids is 1. The summed E-state index contributed by atoms with van der Waals surface area (Å²) < 4.78 is 5.22. The van der Waals surface area contributed by atoms with Crippen LogP contribution >= 0.6 is 22.9 Å². The van der Waals surface area contributed by atoms with Crippen molar-refractivity contribution in [3.63, 3.8) is 0 Å². The van der Waals surface area contributed by atoms with E-state index >= 15 is 0 Å². The van der Waals surface area contributed by atoms with E-state index in [9.17, 15) is 9.59 Å². The molecule has 0 atom stereocenters. The maximum Gasteiger partial charge on any atom is 0.346 e. The maximum absolute atomic E-state index is 12.1. The van der Waals surface area contributed by atoms with Gasteiger partial charge in [-0.05, 0) is 36.2 Å². The molecule has 0 fully saturated rings. The van der Waals surface area contributed by atoms with Crippen molar-refractivity contribution in [3.05, 3.63) is 49.7 Å². The quantitative estimate of drug-likeness (QED) is 0.772. The Balaban J connectivity index is 2.10. The first kappa shape index (κ1) is 13.8. The van der Waals surface area contributed by atoms with E-state index in [-0.39, 0.29) is 22.1 Å². The van der Waals surface area contributed by atoms with Crippen LogP contribution in [0.5, 0.6) is 0 Å². The van der Waals surface area contributed by atoms with E-state index in [2.05, 4.69) is 9.97 Å². The highest BCUT2D eigenvalue weighted by molar-refractivity contribution is 7.20. The van der Waals surface area contributed by atoms with Crippen LogP contribution in [-0.4, -0.2) is 21.0 Å². The van der Waals surface area contributed by atoms with Crippen LogP contribution in [0, 0.1) is 6.92 Å². The van der Waals surface area contributed by atoms with E-state index < -0.39 is 5.97 Å². The molecule has 0 aliphatic rings. The van der Waals surface area contributed by atoms with Gasteiger partial charge >= 0.3 is 5.97 Å². The van der Waals surface area contributed by atoms with E-state index in [0.717, 1.165) is 11.3 Å². The fraction of sp³-hybridized carbons (Fsp3) is 0.154. The highest BCUT2D eigenvalue weighted by Crippen LogP contribution is 2.27. The van der Waals surface area contributed by atoms with Crippen molar-refractivity contribution in [1.82, 2.24) is 9.97 Å². The molecule has 0 aliphatic carbocycles. The molecule has 0 amide bonds. The van der Waals surface area contributed by atoms with Crippen molar-refractivity contribution in [2.75, 3.05) is 0 Å². The molecule has 0 saturated carbocycles. The molecule has 0 aliphatic heterocycles.